The van der Waals surface area contributed by atoms with Crippen LogP contribution in [0.3, 0.4) is 0 Å². The van der Waals surface area contributed by atoms with Crippen molar-refractivity contribution >= 4 is 45.6 Å². The maximum atomic E-state index is 12.4. The standard InChI is InChI=1S/C15H14ClN3O2S/c1-9-7-13(22-18-9)17-15(21)11-8-10(4-5-12(11)16)19-6-2-3-14(19)20/h4-5,7-8H,2-3,6H2,1H3,(H,17,21). The zero-order chi connectivity index (χ0) is 15.7. The summed E-state index contributed by atoms with van der Waals surface area (Å²) in [5.41, 5.74) is 1.91. The molecule has 0 atom stereocenters. The Labute approximate surface area is 137 Å². The Hall–Kier alpha value is -1.92. The smallest absolute Gasteiger partial charge is 0.257 e. The molecule has 1 aliphatic rings. The van der Waals surface area contributed by atoms with E-state index in [0.717, 1.165) is 12.1 Å². The fourth-order valence-electron chi connectivity index (χ4n) is 2.38. The number of carbonyl (C=O) groups is 2. The topological polar surface area (TPSA) is 62.3 Å². The Morgan fingerprint density at radius 1 is 1.41 bits per heavy atom. The molecular formula is C15H14ClN3O2S. The normalized spacial score (nSPS) is 14.5. The van der Waals surface area contributed by atoms with E-state index in [0.29, 0.717) is 34.2 Å². The number of nitrogens with zero attached hydrogens (tertiary/aromatic N) is 2. The number of aromatic nitrogens is 1. The minimum Gasteiger partial charge on any atom is -0.312 e. The molecule has 114 valence electrons. The van der Waals surface area contributed by atoms with Crippen LogP contribution >= 0.6 is 23.1 Å². The van der Waals surface area contributed by atoms with Gasteiger partial charge in [0.15, 0.2) is 0 Å². The zero-order valence-electron chi connectivity index (χ0n) is 11.9. The molecule has 0 radical (unpaired) electrons. The summed E-state index contributed by atoms with van der Waals surface area (Å²) < 4.78 is 4.12. The van der Waals surface area contributed by atoms with Gasteiger partial charge >= 0.3 is 0 Å². The van der Waals surface area contributed by atoms with Crippen LogP contribution in [0.2, 0.25) is 5.02 Å². The average Bonchev–Trinajstić information content (AvgIpc) is 3.08. The van der Waals surface area contributed by atoms with E-state index < -0.39 is 0 Å². The van der Waals surface area contributed by atoms with Crippen molar-refractivity contribution in [3.05, 3.63) is 40.5 Å². The fourth-order valence-corrected chi connectivity index (χ4v) is 3.24. The van der Waals surface area contributed by atoms with Crippen LogP contribution in [-0.2, 0) is 4.79 Å². The number of anilines is 2. The van der Waals surface area contributed by atoms with E-state index in [-0.39, 0.29) is 11.8 Å². The summed E-state index contributed by atoms with van der Waals surface area (Å²) in [6.07, 6.45) is 1.38. The summed E-state index contributed by atoms with van der Waals surface area (Å²) in [7, 11) is 0. The molecule has 0 unspecified atom stereocenters. The first-order valence-electron chi connectivity index (χ1n) is 6.89. The van der Waals surface area contributed by atoms with Crippen molar-refractivity contribution in [2.45, 2.75) is 19.8 Å². The van der Waals surface area contributed by atoms with E-state index in [2.05, 4.69) is 9.69 Å². The van der Waals surface area contributed by atoms with Crippen LogP contribution in [-0.4, -0.2) is 22.7 Å². The highest BCUT2D eigenvalue weighted by molar-refractivity contribution is 7.10. The number of rotatable bonds is 3. The van der Waals surface area contributed by atoms with Crippen LogP contribution in [0.15, 0.2) is 24.3 Å². The van der Waals surface area contributed by atoms with Gasteiger partial charge in [0.25, 0.3) is 5.91 Å². The summed E-state index contributed by atoms with van der Waals surface area (Å²) in [5, 5.41) is 3.80. The van der Waals surface area contributed by atoms with Gasteiger partial charge in [0.2, 0.25) is 5.91 Å². The van der Waals surface area contributed by atoms with E-state index in [9.17, 15) is 9.59 Å². The van der Waals surface area contributed by atoms with Crippen molar-refractivity contribution in [2.75, 3.05) is 16.8 Å². The van der Waals surface area contributed by atoms with Gasteiger partial charge in [-0.05, 0) is 49.1 Å². The first-order valence-corrected chi connectivity index (χ1v) is 8.04. The lowest BCUT2D eigenvalue weighted by Gasteiger charge is -2.17. The summed E-state index contributed by atoms with van der Waals surface area (Å²) in [6.45, 7) is 2.54. The van der Waals surface area contributed by atoms with Crippen LogP contribution in [0.25, 0.3) is 0 Å². The molecule has 0 saturated carbocycles. The van der Waals surface area contributed by atoms with Gasteiger partial charge in [-0.1, -0.05) is 11.6 Å². The molecule has 2 heterocycles. The molecule has 2 aromatic rings. The molecule has 5 nitrogen and oxygen atoms in total. The Bertz CT molecular complexity index is 744. The van der Waals surface area contributed by atoms with Crippen LogP contribution in [0.1, 0.15) is 28.9 Å². The molecular weight excluding hydrogens is 322 g/mol. The van der Waals surface area contributed by atoms with Gasteiger partial charge in [-0.3, -0.25) is 9.59 Å². The Balaban J connectivity index is 1.86. The number of halogens is 1. The Morgan fingerprint density at radius 3 is 2.86 bits per heavy atom. The monoisotopic (exact) mass is 335 g/mol. The summed E-state index contributed by atoms with van der Waals surface area (Å²) >= 11 is 7.35. The van der Waals surface area contributed by atoms with Gasteiger partial charge in [0, 0.05) is 18.7 Å². The van der Waals surface area contributed by atoms with Crippen molar-refractivity contribution in [2.24, 2.45) is 0 Å². The molecule has 0 bridgehead atoms. The molecule has 1 saturated heterocycles. The highest BCUT2D eigenvalue weighted by atomic mass is 35.5. The molecule has 0 spiro atoms. The van der Waals surface area contributed by atoms with E-state index in [1.54, 1.807) is 29.2 Å². The molecule has 1 aromatic heterocycles. The Morgan fingerprint density at radius 2 is 2.23 bits per heavy atom. The molecule has 22 heavy (non-hydrogen) atoms. The van der Waals surface area contributed by atoms with Gasteiger partial charge in [0.05, 0.1) is 16.3 Å². The molecule has 7 heteroatoms. The van der Waals surface area contributed by atoms with Crippen LogP contribution in [0.4, 0.5) is 10.7 Å². The summed E-state index contributed by atoms with van der Waals surface area (Å²) in [5.74, 6) is -0.228. The highest BCUT2D eigenvalue weighted by Gasteiger charge is 2.23. The van der Waals surface area contributed by atoms with Gasteiger partial charge < -0.3 is 10.2 Å². The zero-order valence-corrected chi connectivity index (χ0v) is 13.5. The fraction of sp³-hybridized carbons (Fsp3) is 0.267. The number of hydrogen-bond acceptors (Lipinski definition) is 4. The molecule has 1 fully saturated rings. The largest absolute Gasteiger partial charge is 0.312 e. The average molecular weight is 336 g/mol. The third kappa shape index (κ3) is 2.98. The molecule has 1 aromatic carbocycles. The van der Waals surface area contributed by atoms with Crippen molar-refractivity contribution in [1.29, 1.82) is 0 Å². The molecule has 1 N–H and O–H groups in total. The third-order valence-corrected chi connectivity index (χ3v) is 4.57. The SMILES string of the molecule is Cc1cc(NC(=O)c2cc(N3CCCC3=O)ccc2Cl)sn1. The molecule has 2 amide bonds. The lowest BCUT2D eigenvalue weighted by atomic mass is 10.1. The number of nitrogens with one attached hydrogen (secondary N) is 1. The van der Waals surface area contributed by atoms with Crippen molar-refractivity contribution in [1.82, 2.24) is 4.37 Å². The highest BCUT2D eigenvalue weighted by Crippen LogP contribution is 2.27. The number of benzene rings is 1. The molecule has 0 aliphatic carbocycles. The van der Waals surface area contributed by atoms with Crippen molar-refractivity contribution < 1.29 is 9.59 Å². The van der Waals surface area contributed by atoms with Gasteiger partial charge in [-0.2, -0.15) is 4.37 Å². The van der Waals surface area contributed by atoms with E-state index in [1.165, 1.54) is 11.5 Å². The van der Waals surface area contributed by atoms with Gasteiger partial charge in [0.1, 0.15) is 5.00 Å². The van der Waals surface area contributed by atoms with Crippen molar-refractivity contribution in [3.63, 3.8) is 0 Å². The first kappa shape index (κ1) is 15.0. The number of amides is 2. The van der Waals surface area contributed by atoms with Gasteiger partial charge in [-0.25, -0.2) is 0 Å². The molecule has 3 rings (SSSR count). The number of aryl methyl sites for hydroxylation is 1. The first-order chi connectivity index (χ1) is 10.5. The third-order valence-electron chi connectivity index (χ3n) is 3.44. The second kappa shape index (κ2) is 6.06. The number of hydrogen-bond donors (Lipinski definition) is 1. The summed E-state index contributed by atoms with van der Waals surface area (Å²) in [6, 6.07) is 6.87. The maximum absolute atomic E-state index is 12.4. The maximum Gasteiger partial charge on any atom is 0.257 e. The van der Waals surface area contributed by atoms with E-state index in [4.69, 9.17) is 11.6 Å². The van der Waals surface area contributed by atoms with Crippen LogP contribution in [0.5, 0.6) is 0 Å². The van der Waals surface area contributed by atoms with E-state index >= 15 is 0 Å². The second-order valence-electron chi connectivity index (χ2n) is 5.10. The minimum absolute atomic E-state index is 0.0757. The quantitative estimate of drug-likeness (QED) is 0.934. The Kier molecular flexibility index (Phi) is 4.13. The second-order valence-corrected chi connectivity index (χ2v) is 6.31. The molecule has 1 aliphatic heterocycles. The van der Waals surface area contributed by atoms with Crippen molar-refractivity contribution in [3.8, 4) is 0 Å². The summed E-state index contributed by atoms with van der Waals surface area (Å²) in [4.78, 5) is 25.9. The van der Waals surface area contributed by atoms with Crippen LogP contribution < -0.4 is 10.2 Å². The predicted octanol–water partition coefficient (Wildman–Crippen LogP) is 3.48. The lowest BCUT2D eigenvalue weighted by molar-refractivity contribution is -0.117. The lowest BCUT2D eigenvalue weighted by Crippen LogP contribution is -2.24. The minimum atomic E-state index is -0.304. The predicted molar refractivity (Wildman–Crippen MR) is 87.8 cm³/mol. The van der Waals surface area contributed by atoms with Crippen LogP contribution in [0, 0.1) is 6.92 Å². The van der Waals surface area contributed by atoms with Gasteiger partial charge in [-0.15, -0.1) is 0 Å². The van der Waals surface area contributed by atoms with E-state index in [1.807, 2.05) is 6.92 Å². The number of carbonyl (C=O) groups excluding carboxylic acids is 2.